The molecular weight excluding hydrogens is 338 g/mol. The first-order valence-electron chi connectivity index (χ1n) is 8.22. The lowest BCUT2D eigenvalue weighted by Gasteiger charge is -2.12. The Kier molecular flexibility index (Phi) is 7.36. The molecule has 5 heteroatoms. The highest BCUT2D eigenvalue weighted by Gasteiger charge is 2.06. The minimum absolute atomic E-state index is 0.165. The molecule has 0 aromatic heterocycles. The van der Waals surface area contributed by atoms with Gasteiger partial charge < -0.3 is 14.8 Å². The van der Waals surface area contributed by atoms with Crippen LogP contribution in [0, 0.1) is 0 Å². The van der Waals surface area contributed by atoms with Gasteiger partial charge in [0, 0.05) is 17.6 Å². The Morgan fingerprint density at radius 2 is 1.72 bits per heavy atom. The van der Waals surface area contributed by atoms with Gasteiger partial charge in [0.1, 0.15) is 0 Å². The summed E-state index contributed by atoms with van der Waals surface area (Å²) in [4.78, 5) is 12.0. The van der Waals surface area contributed by atoms with Crippen LogP contribution in [0.15, 0.2) is 48.5 Å². The Hall–Kier alpha value is -2.46. The van der Waals surface area contributed by atoms with E-state index in [2.05, 4.69) is 5.32 Å². The molecule has 0 spiro atoms. The molecule has 25 heavy (non-hydrogen) atoms. The normalized spacial score (nSPS) is 10.7. The quantitative estimate of drug-likeness (QED) is 0.707. The third-order valence-corrected chi connectivity index (χ3v) is 3.62. The molecule has 0 fully saturated rings. The molecule has 0 atom stereocenters. The van der Waals surface area contributed by atoms with Crippen LogP contribution in [0.3, 0.4) is 0 Å². The maximum Gasteiger partial charge on any atom is 0.244 e. The Bertz CT molecular complexity index is 726. The van der Waals surface area contributed by atoms with Crippen molar-refractivity contribution in [1.29, 1.82) is 0 Å². The van der Waals surface area contributed by atoms with Crippen LogP contribution in [0.25, 0.3) is 6.08 Å². The average molecular weight is 360 g/mol. The van der Waals surface area contributed by atoms with E-state index < -0.39 is 0 Å². The molecule has 0 bridgehead atoms. The minimum atomic E-state index is -0.165. The van der Waals surface area contributed by atoms with Crippen LogP contribution in [-0.2, 0) is 11.3 Å². The number of hydrogen-bond acceptors (Lipinski definition) is 3. The Balaban J connectivity index is 1.94. The van der Waals surface area contributed by atoms with Crippen molar-refractivity contribution in [2.45, 2.75) is 20.4 Å². The second kappa shape index (κ2) is 9.74. The SMILES string of the molecule is CCOc1ccc(CNC(=O)/C=C/c2ccc(Cl)cc2)cc1OCC. The molecule has 0 saturated carbocycles. The smallest absolute Gasteiger partial charge is 0.244 e. The number of hydrogen-bond donors (Lipinski definition) is 1. The van der Waals surface area contributed by atoms with Gasteiger partial charge in [-0.3, -0.25) is 4.79 Å². The fourth-order valence-electron chi connectivity index (χ4n) is 2.20. The molecule has 0 unspecified atom stereocenters. The highest BCUT2D eigenvalue weighted by Crippen LogP contribution is 2.28. The largest absolute Gasteiger partial charge is 0.490 e. The fourth-order valence-corrected chi connectivity index (χ4v) is 2.33. The first-order valence-corrected chi connectivity index (χ1v) is 8.60. The van der Waals surface area contributed by atoms with E-state index in [-0.39, 0.29) is 5.91 Å². The molecule has 2 aromatic rings. The third kappa shape index (κ3) is 6.16. The number of carbonyl (C=O) groups is 1. The summed E-state index contributed by atoms with van der Waals surface area (Å²) in [5.74, 6) is 1.23. The topological polar surface area (TPSA) is 47.6 Å². The first-order chi connectivity index (χ1) is 12.1. The Morgan fingerprint density at radius 1 is 1.04 bits per heavy atom. The van der Waals surface area contributed by atoms with Gasteiger partial charge in [-0.1, -0.05) is 29.8 Å². The second-order valence-electron chi connectivity index (χ2n) is 5.25. The summed E-state index contributed by atoms with van der Waals surface area (Å²) in [6.07, 6.45) is 3.25. The van der Waals surface area contributed by atoms with Crippen molar-refractivity contribution >= 4 is 23.6 Å². The van der Waals surface area contributed by atoms with Crippen molar-refractivity contribution in [1.82, 2.24) is 5.32 Å². The van der Waals surface area contributed by atoms with E-state index in [9.17, 15) is 4.79 Å². The van der Waals surface area contributed by atoms with Gasteiger partial charge in [0.25, 0.3) is 0 Å². The lowest BCUT2D eigenvalue weighted by molar-refractivity contribution is -0.116. The van der Waals surface area contributed by atoms with E-state index in [1.165, 1.54) is 6.08 Å². The third-order valence-electron chi connectivity index (χ3n) is 3.37. The highest BCUT2D eigenvalue weighted by molar-refractivity contribution is 6.30. The van der Waals surface area contributed by atoms with E-state index in [4.69, 9.17) is 21.1 Å². The fraction of sp³-hybridized carbons (Fsp3) is 0.250. The van der Waals surface area contributed by atoms with Gasteiger partial charge in [-0.15, -0.1) is 0 Å². The first kappa shape index (κ1) is 18.9. The molecule has 0 heterocycles. The van der Waals surface area contributed by atoms with Crippen molar-refractivity contribution in [3.8, 4) is 11.5 Å². The summed E-state index contributed by atoms with van der Waals surface area (Å²) in [5.41, 5.74) is 1.86. The van der Waals surface area contributed by atoms with Gasteiger partial charge in [0.2, 0.25) is 5.91 Å². The van der Waals surface area contributed by atoms with Crippen LogP contribution in [-0.4, -0.2) is 19.1 Å². The molecule has 0 aliphatic heterocycles. The summed E-state index contributed by atoms with van der Waals surface area (Å²) in [6.45, 7) is 5.39. The molecule has 0 aliphatic carbocycles. The lowest BCUT2D eigenvalue weighted by atomic mass is 10.2. The maximum atomic E-state index is 12.0. The number of carbonyl (C=O) groups excluding carboxylic acids is 1. The molecule has 2 aromatic carbocycles. The minimum Gasteiger partial charge on any atom is -0.490 e. The summed E-state index contributed by atoms with van der Waals surface area (Å²) in [5, 5.41) is 3.52. The van der Waals surface area contributed by atoms with Gasteiger partial charge in [-0.2, -0.15) is 0 Å². The van der Waals surface area contributed by atoms with Gasteiger partial charge in [0.05, 0.1) is 13.2 Å². The summed E-state index contributed by atoms with van der Waals surface area (Å²) >= 11 is 5.84. The van der Waals surface area contributed by atoms with Gasteiger partial charge in [-0.25, -0.2) is 0 Å². The number of benzene rings is 2. The molecule has 0 aliphatic rings. The molecule has 1 N–H and O–H groups in total. The monoisotopic (exact) mass is 359 g/mol. The maximum absolute atomic E-state index is 12.0. The molecule has 0 saturated heterocycles. The van der Waals surface area contributed by atoms with Crippen molar-refractivity contribution < 1.29 is 14.3 Å². The van der Waals surface area contributed by atoms with E-state index in [1.54, 1.807) is 18.2 Å². The van der Waals surface area contributed by atoms with E-state index in [0.717, 1.165) is 11.1 Å². The zero-order chi connectivity index (χ0) is 18.1. The van der Waals surface area contributed by atoms with Crippen LogP contribution in [0.4, 0.5) is 0 Å². The van der Waals surface area contributed by atoms with Crippen molar-refractivity contribution in [2.24, 2.45) is 0 Å². The lowest BCUT2D eigenvalue weighted by Crippen LogP contribution is -2.20. The standard InChI is InChI=1S/C20H22ClNO3/c1-3-24-18-11-7-16(13-19(18)25-4-2)14-22-20(23)12-8-15-5-9-17(21)10-6-15/h5-13H,3-4,14H2,1-2H3,(H,22,23)/b12-8+. The molecule has 1 amide bonds. The Labute approximate surface area is 153 Å². The van der Waals surface area contributed by atoms with E-state index in [1.807, 2.05) is 44.2 Å². The van der Waals surface area contributed by atoms with Crippen molar-refractivity contribution in [3.05, 3.63) is 64.7 Å². The summed E-state index contributed by atoms with van der Waals surface area (Å²) in [6, 6.07) is 12.9. The van der Waals surface area contributed by atoms with Crippen LogP contribution < -0.4 is 14.8 Å². The van der Waals surface area contributed by atoms with Gasteiger partial charge in [0.15, 0.2) is 11.5 Å². The number of rotatable bonds is 8. The number of amides is 1. The number of halogens is 1. The molecule has 2 rings (SSSR count). The zero-order valence-corrected chi connectivity index (χ0v) is 15.2. The van der Waals surface area contributed by atoms with Gasteiger partial charge in [-0.05, 0) is 55.3 Å². The molecule has 0 radical (unpaired) electrons. The molecular formula is C20H22ClNO3. The van der Waals surface area contributed by atoms with Crippen molar-refractivity contribution in [3.63, 3.8) is 0 Å². The average Bonchev–Trinajstić information content (AvgIpc) is 2.62. The van der Waals surface area contributed by atoms with Crippen molar-refractivity contribution in [2.75, 3.05) is 13.2 Å². The Morgan fingerprint density at radius 3 is 2.40 bits per heavy atom. The summed E-state index contributed by atoms with van der Waals surface area (Å²) < 4.78 is 11.1. The van der Waals surface area contributed by atoms with Crippen LogP contribution in [0.5, 0.6) is 11.5 Å². The van der Waals surface area contributed by atoms with Crippen LogP contribution in [0.1, 0.15) is 25.0 Å². The van der Waals surface area contributed by atoms with E-state index in [0.29, 0.717) is 36.3 Å². The predicted molar refractivity (Wildman–Crippen MR) is 101 cm³/mol. The molecule has 4 nitrogen and oxygen atoms in total. The summed E-state index contributed by atoms with van der Waals surface area (Å²) in [7, 11) is 0. The second-order valence-corrected chi connectivity index (χ2v) is 5.69. The zero-order valence-electron chi connectivity index (χ0n) is 14.4. The predicted octanol–water partition coefficient (Wildman–Crippen LogP) is 4.47. The van der Waals surface area contributed by atoms with Crippen LogP contribution in [0.2, 0.25) is 5.02 Å². The highest BCUT2D eigenvalue weighted by atomic mass is 35.5. The number of nitrogens with one attached hydrogen (secondary N) is 1. The van der Waals surface area contributed by atoms with E-state index >= 15 is 0 Å². The van der Waals surface area contributed by atoms with Gasteiger partial charge >= 0.3 is 0 Å². The number of ether oxygens (including phenoxy) is 2. The van der Waals surface area contributed by atoms with Crippen LogP contribution >= 0.6 is 11.6 Å². The molecule has 132 valence electrons.